The van der Waals surface area contributed by atoms with Crippen LogP contribution in [0.5, 0.6) is 0 Å². The monoisotopic (exact) mass is 194 g/mol. The number of fused-ring (bicyclic) bond motifs is 2. The van der Waals surface area contributed by atoms with Gasteiger partial charge in [0.05, 0.1) is 12.2 Å². The first-order valence-electron chi connectivity index (χ1n) is 5.40. The second-order valence-corrected chi connectivity index (χ2v) is 4.29. The molecule has 0 amide bonds. The zero-order chi connectivity index (χ0) is 9.97. The van der Waals surface area contributed by atoms with Crippen molar-refractivity contribution in [2.75, 3.05) is 0 Å². The van der Waals surface area contributed by atoms with E-state index in [1.54, 1.807) is 0 Å². The average Bonchev–Trinajstić information content (AvgIpc) is 2.80. The van der Waals surface area contributed by atoms with E-state index in [2.05, 4.69) is 11.3 Å². The van der Waals surface area contributed by atoms with Gasteiger partial charge in [-0.05, 0) is 25.7 Å². The summed E-state index contributed by atoms with van der Waals surface area (Å²) in [6, 6.07) is 0.335. The molecule has 0 spiro atoms. The van der Waals surface area contributed by atoms with Crippen LogP contribution < -0.4 is 11.3 Å². The van der Waals surface area contributed by atoms with E-state index in [9.17, 15) is 0 Å². The largest absolute Gasteiger partial charge is 0.375 e. The molecule has 2 fully saturated rings. The molecule has 0 aromatic heterocycles. The molecule has 4 unspecified atom stereocenters. The Morgan fingerprint density at radius 3 is 2.93 bits per heavy atom. The Balaban J connectivity index is 1.89. The number of hydrogen-bond acceptors (Lipinski definition) is 3. The van der Waals surface area contributed by atoms with Crippen LogP contribution >= 0.6 is 0 Å². The zero-order valence-corrected chi connectivity index (χ0v) is 8.41. The molecule has 4 atom stereocenters. The molecule has 2 heterocycles. The van der Waals surface area contributed by atoms with Crippen LogP contribution in [0.25, 0.3) is 0 Å². The van der Waals surface area contributed by atoms with Crippen LogP contribution in [0.1, 0.15) is 32.1 Å². The van der Waals surface area contributed by atoms with Crippen molar-refractivity contribution in [3.63, 3.8) is 0 Å². The fourth-order valence-corrected chi connectivity index (χ4v) is 2.76. The lowest BCUT2D eigenvalue weighted by atomic mass is 9.82. The van der Waals surface area contributed by atoms with Crippen LogP contribution in [0.15, 0.2) is 0 Å². The quantitative estimate of drug-likeness (QED) is 0.395. The van der Waals surface area contributed by atoms with Crippen LogP contribution in [0.4, 0.5) is 0 Å². The summed E-state index contributed by atoms with van der Waals surface area (Å²) < 4.78 is 5.80. The number of nitrogens with one attached hydrogen (secondary N) is 1. The first kappa shape index (κ1) is 9.97. The first-order valence-corrected chi connectivity index (χ1v) is 5.40. The van der Waals surface area contributed by atoms with E-state index in [1.807, 2.05) is 0 Å². The van der Waals surface area contributed by atoms with E-state index >= 15 is 0 Å². The molecule has 0 aromatic carbocycles. The maximum atomic E-state index is 5.80. The van der Waals surface area contributed by atoms with Gasteiger partial charge in [-0.15, -0.1) is 12.3 Å². The minimum absolute atomic E-state index is 0.335. The van der Waals surface area contributed by atoms with Gasteiger partial charge in [-0.2, -0.15) is 0 Å². The SMILES string of the molecule is C#CCCC(NN)C1CC2CCC1O2. The Hall–Kier alpha value is -0.560. The van der Waals surface area contributed by atoms with Crippen molar-refractivity contribution in [2.45, 2.75) is 50.4 Å². The molecular formula is C11H18N2O. The van der Waals surface area contributed by atoms with Crippen molar-refractivity contribution >= 4 is 0 Å². The molecular weight excluding hydrogens is 176 g/mol. The molecule has 3 N–H and O–H groups in total. The highest BCUT2D eigenvalue weighted by molar-refractivity contribution is 4.96. The molecule has 0 aliphatic carbocycles. The summed E-state index contributed by atoms with van der Waals surface area (Å²) >= 11 is 0. The molecule has 3 heteroatoms. The smallest absolute Gasteiger partial charge is 0.0624 e. The molecule has 2 saturated heterocycles. The number of nitrogens with two attached hydrogens (primary N) is 1. The summed E-state index contributed by atoms with van der Waals surface area (Å²) in [5, 5.41) is 0. The van der Waals surface area contributed by atoms with E-state index in [0.717, 1.165) is 19.3 Å². The van der Waals surface area contributed by atoms with Crippen LogP contribution in [0.3, 0.4) is 0 Å². The van der Waals surface area contributed by atoms with E-state index in [1.165, 1.54) is 12.8 Å². The summed E-state index contributed by atoms with van der Waals surface area (Å²) in [6.07, 6.45) is 11.5. The number of hydrogen-bond donors (Lipinski definition) is 2. The van der Waals surface area contributed by atoms with Crippen molar-refractivity contribution in [1.82, 2.24) is 5.43 Å². The normalized spacial score (nSPS) is 37.0. The van der Waals surface area contributed by atoms with Crippen molar-refractivity contribution < 1.29 is 4.74 Å². The van der Waals surface area contributed by atoms with Crippen LogP contribution in [0.2, 0.25) is 0 Å². The molecule has 3 nitrogen and oxygen atoms in total. The van der Waals surface area contributed by atoms with Gasteiger partial charge >= 0.3 is 0 Å². The predicted octanol–water partition coefficient (Wildman–Crippen LogP) is 0.799. The summed E-state index contributed by atoms with van der Waals surface area (Å²) in [6.45, 7) is 0. The minimum atomic E-state index is 0.335. The first-order chi connectivity index (χ1) is 6.85. The molecule has 2 aliphatic rings. The van der Waals surface area contributed by atoms with E-state index < -0.39 is 0 Å². The lowest BCUT2D eigenvalue weighted by Crippen LogP contribution is -2.44. The van der Waals surface area contributed by atoms with Gasteiger partial charge in [0.15, 0.2) is 0 Å². The maximum Gasteiger partial charge on any atom is 0.0624 e. The molecule has 78 valence electrons. The van der Waals surface area contributed by atoms with E-state index in [4.69, 9.17) is 17.0 Å². The summed E-state index contributed by atoms with van der Waals surface area (Å²) in [7, 11) is 0. The van der Waals surface area contributed by atoms with Crippen LogP contribution in [0, 0.1) is 18.3 Å². The molecule has 2 bridgehead atoms. The van der Waals surface area contributed by atoms with Crippen molar-refractivity contribution in [2.24, 2.45) is 11.8 Å². The van der Waals surface area contributed by atoms with Crippen LogP contribution in [-0.4, -0.2) is 18.2 Å². The highest BCUT2D eigenvalue weighted by Crippen LogP contribution is 2.40. The molecule has 2 rings (SSSR count). The molecule has 0 aromatic rings. The second kappa shape index (κ2) is 4.31. The van der Waals surface area contributed by atoms with Crippen molar-refractivity contribution in [3.8, 4) is 12.3 Å². The number of rotatable bonds is 4. The van der Waals surface area contributed by atoms with E-state index in [0.29, 0.717) is 24.2 Å². The van der Waals surface area contributed by atoms with Gasteiger partial charge in [-0.3, -0.25) is 11.3 Å². The fraction of sp³-hybridized carbons (Fsp3) is 0.818. The Kier molecular flexibility index (Phi) is 3.07. The predicted molar refractivity (Wildman–Crippen MR) is 55.2 cm³/mol. The van der Waals surface area contributed by atoms with Gasteiger partial charge < -0.3 is 4.74 Å². The Morgan fingerprint density at radius 2 is 2.43 bits per heavy atom. The van der Waals surface area contributed by atoms with Crippen molar-refractivity contribution in [3.05, 3.63) is 0 Å². The third-order valence-electron chi connectivity index (χ3n) is 3.48. The highest BCUT2D eigenvalue weighted by Gasteiger charge is 2.43. The second-order valence-electron chi connectivity index (χ2n) is 4.29. The van der Waals surface area contributed by atoms with Crippen LogP contribution in [-0.2, 0) is 4.74 Å². The summed E-state index contributed by atoms with van der Waals surface area (Å²) in [5.41, 5.74) is 2.89. The topological polar surface area (TPSA) is 47.3 Å². The zero-order valence-electron chi connectivity index (χ0n) is 8.41. The van der Waals surface area contributed by atoms with Gasteiger partial charge in [0.2, 0.25) is 0 Å². The molecule has 14 heavy (non-hydrogen) atoms. The standard InChI is InChI=1S/C11H18N2O/c1-2-3-4-10(13-12)9-7-8-5-6-11(9)14-8/h1,8-11,13H,3-7,12H2. The van der Waals surface area contributed by atoms with E-state index in [-0.39, 0.29) is 0 Å². The minimum Gasteiger partial charge on any atom is -0.375 e. The van der Waals surface area contributed by atoms with Gasteiger partial charge in [0, 0.05) is 18.4 Å². The Morgan fingerprint density at radius 1 is 1.57 bits per heavy atom. The Labute approximate surface area is 85.3 Å². The number of hydrazine groups is 1. The Bertz CT molecular complexity index is 236. The van der Waals surface area contributed by atoms with Gasteiger partial charge in [-0.1, -0.05) is 0 Å². The number of ether oxygens (including phenoxy) is 1. The highest BCUT2D eigenvalue weighted by atomic mass is 16.5. The lowest BCUT2D eigenvalue weighted by molar-refractivity contribution is 0.0851. The van der Waals surface area contributed by atoms with Gasteiger partial charge in [0.1, 0.15) is 0 Å². The molecule has 0 radical (unpaired) electrons. The van der Waals surface area contributed by atoms with Crippen molar-refractivity contribution in [1.29, 1.82) is 0 Å². The lowest BCUT2D eigenvalue weighted by Gasteiger charge is -2.27. The van der Waals surface area contributed by atoms with Gasteiger partial charge in [-0.25, -0.2) is 0 Å². The molecule has 2 aliphatic heterocycles. The average molecular weight is 194 g/mol. The fourth-order valence-electron chi connectivity index (χ4n) is 2.76. The maximum absolute atomic E-state index is 5.80. The third kappa shape index (κ3) is 1.78. The number of terminal acetylenes is 1. The van der Waals surface area contributed by atoms with Gasteiger partial charge in [0.25, 0.3) is 0 Å². The third-order valence-corrected chi connectivity index (χ3v) is 3.48. The summed E-state index contributed by atoms with van der Waals surface area (Å²) in [4.78, 5) is 0. The summed E-state index contributed by atoms with van der Waals surface area (Å²) in [5.74, 6) is 8.79. The molecule has 0 saturated carbocycles.